The first-order valence-electron chi connectivity index (χ1n) is 4.49. The first-order chi connectivity index (χ1) is 6.43. The number of anilines is 1. The fourth-order valence-corrected chi connectivity index (χ4v) is 1.28. The van der Waals surface area contributed by atoms with E-state index in [1.54, 1.807) is 7.05 Å². The Balaban J connectivity index is 3.40. The quantitative estimate of drug-likeness (QED) is 0.713. The summed E-state index contributed by atoms with van der Waals surface area (Å²) in [4.78, 5) is 23.0. The summed E-state index contributed by atoms with van der Waals surface area (Å²) in [6, 6.07) is 0. The topological polar surface area (TPSA) is 70.0 Å². The van der Waals surface area contributed by atoms with Crippen LogP contribution in [0.25, 0.3) is 0 Å². The zero-order chi connectivity index (χ0) is 10.9. The van der Waals surface area contributed by atoms with Gasteiger partial charge in [0.25, 0.3) is 5.56 Å². The minimum atomic E-state index is -0.401. The molecular weight excluding hydrogens is 182 g/mol. The van der Waals surface area contributed by atoms with Gasteiger partial charge in [-0.25, -0.2) is 4.79 Å². The molecule has 78 valence electrons. The highest BCUT2D eigenvalue weighted by molar-refractivity contribution is 5.30. The van der Waals surface area contributed by atoms with E-state index >= 15 is 0 Å². The zero-order valence-corrected chi connectivity index (χ0v) is 8.65. The van der Waals surface area contributed by atoms with Gasteiger partial charge in [-0.3, -0.25) is 9.36 Å². The molecule has 0 saturated heterocycles. The van der Waals surface area contributed by atoms with Gasteiger partial charge in [-0.1, -0.05) is 13.8 Å². The van der Waals surface area contributed by atoms with Crippen LogP contribution in [0.3, 0.4) is 0 Å². The third-order valence-electron chi connectivity index (χ3n) is 1.91. The molecule has 0 spiro atoms. The van der Waals surface area contributed by atoms with E-state index in [4.69, 9.17) is 5.73 Å². The maximum atomic E-state index is 11.5. The largest absolute Gasteiger partial charge is 0.393 e. The van der Waals surface area contributed by atoms with Crippen molar-refractivity contribution < 1.29 is 0 Å². The van der Waals surface area contributed by atoms with Gasteiger partial charge >= 0.3 is 5.69 Å². The number of hydrogen-bond acceptors (Lipinski definition) is 3. The minimum absolute atomic E-state index is 0.104. The van der Waals surface area contributed by atoms with Crippen molar-refractivity contribution in [2.75, 3.05) is 5.73 Å². The molecule has 14 heavy (non-hydrogen) atoms. The Kier molecular flexibility index (Phi) is 2.78. The number of nitrogens with two attached hydrogens (primary N) is 1. The maximum absolute atomic E-state index is 11.5. The molecule has 0 aromatic carbocycles. The highest BCUT2D eigenvalue weighted by Gasteiger charge is 2.08. The molecule has 0 fully saturated rings. The molecule has 1 rings (SSSR count). The molecule has 5 heteroatoms. The van der Waals surface area contributed by atoms with Crippen LogP contribution in [0.1, 0.15) is 13.8 Å². The van der Waals surface area contributed by atoms with Crippen LogP contribution < -0.4 is 17.0 Å². The predicted molar refractivity (Wildman–Crippen MR) is 55.2 cm³/mol. The second kappa shape index (κ2) is 3.69. The molecular formula is C9H15N3O2. The molecule has 0 atom stereocenters. The second-order valence-electron chi connectivity index (χ2n) is 3.79. The highest BCUT2D eigenvalue weighted by atomic mass is 16.2. The van der Waals surface area contributed by atoms with E-state index < -0.39 is 5.56 Å². The van der Waals surface area contributed by atoms with Crippen LogP contribution >= 0.6 is 0 Å². The molecule has 2 N–H and O–H groups in total. The van der Waals surface area contributed by atoms with E-state index in [1.165, 1.54) is 15.3 Å². The summed E-state index contributed by atoms with van der Waals surface area (Å²) >= 11 is 0. The summed E-state index contributed by atoms with van der Waals surface area (Å²) in [5, 5.41) is 0. The Morgan fingerprint density at radius 2 is 2.00 bits per heavy atom. The van der Waals surface area contributed by atoms with Crippen molar-refractivity contribution in [3.8, 4) is 0 Å². The third kappa shape index (κ3) is 1.86. The lowest BCUT2D eigenvalue weighted by molar-refractivity contribution is 0.481. The number of nitrogens with zero attached hydrogens (tertiary/aromatic N) is 2. The normalized spacial score (nSPS) is 10.9. The lowest BCUT2D eigenvalue weighted by Crippen LogP contribution is -2.40. The summed E-state index contributed by atoms with van der Waals surface area (Å²) in [7, 11) is 1.58. The fraction of sp³-hybridized carbons (Fsp3) is 0.556. The number of aromatic nitrogens is 2. The summed E-state index contributed by atoms with van der Waals surface area (Å²) in [6.45, 7) is 4.28. The van der Waals surface area contributed by atoms with Gasteiger partial charge in [0.1, 0.15) is 5.69 Å². The molecule has 0 radical (unpaired) electrons. The van der Waals surface area contributed by atoms with Crippen LogP contribution in [0, 0.1) is 5.92 Å². The number of rotatable bonds is 2. The van der Waals surface area contributed by atoms with E-state index in [-0.39, 0.29) is 17.3 Å². The van der Waals surface area contributed by atoms with Crippen molar-refractivity contribution in [3.63, 3.8) is 0 Å². The average Bonchev–Trinajstić information content (AvgIpc) is 2.09. The van der Waals surface area contributed by atoms with Gasteiger partial charge in [-0.05, 0) is 5.92 Å². The second-order valence-corrected chi connectivity index (χ2v) is 3.79. The fourth-order valence-electron chi connectivity index (χ4n) is 1.28. The molecule has 0 aliphatic rings. The van der Waals surface area contributed by atoms with Crippen molar-refractivity contribution in [3.05, 3.63) is 27.0 Å². The molecule has 0 aliphatic carbocycles. The Morgan fingerprint density at radius 1 is 1.43 bits per heavy atom. The van der Waals surface area contributed by atoms with Gasteiger partial charge in [0.15, 0.2) is 0 Å². The lowest BCUT2D eigenvalue weighted by Gasteiger charge is -2.09. The third-order valence-corrected chi connectivity index (χ3v) is 1.91. The van der Waals surface area contributed by atoms with Crippen LogP contribution in [-0.4, -0.2) is 9.13 Å². The molecule has 1 aromatic heterocycles. The first-order valence-corrected chi connectivity index (χ1v) is 4.49. The van der Waals surface area contributed by atoms with Gasteiger partial charge in [0, 0.05) is 19.8 Å². The molecule has 1 aromatic rings. The van der Waals surface area contributed by atoms with Crippen molar-refractivity contribution >= 4 is 5.69 Å². The van der Waals surface area contributed by atoms with E-state index in [1.807, 2.05) is 13.8 Å². The lowest BCUT2D eigenvalue weighted by atomic mass is 10.2. The van der Waals surface area contributed by atoms with Crippen LogP contribution in [0.5, 0.6) is 0 Å². The first kappa shape index (κ1) is 10.6. The molecule has 0 amide bonds. The maximum Gasteiger partial charge on any atom is 0.330 e. The van der Waals surface area contributed by atoms with Crippen LogP contribution in [0.15, 0.2) is 15.8 Å². The van der Waals surface area contributed by atoms with Crippen molar-refractivity contribution in [2.45, 2.75) is 20.4 Å². The summed E-state index contributed by atoms with van der Waals surface area (Å²) in [5.41, 5.74) is 4.85. The zero-order valence-electron chi connectivity index (χ0n) is 8.65. The SMILES string of the molecule is CC(C)Cn1c(=O)c(N)cn(C)c1=O. The molecule has 0 bridgehead atoms. The van der Waals surface area contributed by atoms with E-state index in [9.17, 15) is 9.59 Å². The Labute approximate surface area is 81.8 Å². The minimum Gasteiger partial charge on any atom is -0.393 e. The van der Waals surface area contributed by atoms with Gasteiger partial charge in [-0.15, -0.1) is 0 Å². The highest BCUT2D eigenvalue weighted by Crippen LogP contribution is 1.94. The van der Waals surface area contributed by atoms with Crippen molar-refractivity contribution in [1.82, 2.24) is 9.13 Å². The van der Waals surface area contributed by atoms with Crippen LogP contribution in [0.4, 0.5) is 5.69 Å². The van der Waals surface area contributed by atoms with Gasteiger partial charge in [0.05, 0.1) is 0 Å². The summed E-state index contributed by atoms with van der Waals surface area (Å²) < 4.78 is 2.49. The summed E-state index contributed by atoms with van der Waals surface area (Å²) in [5.74, 6) is 0.238. The molecule has 0 unspecified atom stereocenters. The van der Waals surface area contributed by atoms with Crippen LogP contribution in [-0.2, 0) is 13.6 Å². The Bertz CT molecular complexity index is 408. The standard InChI is InChI=1S/C9H15N3O2/c1-6(2)4-12-8(13)7(10)5-11(3)9(12)14/h5-6H,4,10H2,1-3H3. The van der Waals surface area contributed by atoms with E-state index in [0.717, 1.165) is 0 Å². The molecule has 5 nitrogen and oxygen atoms in total. The predicted octanol–water partition coefficient (Wildman–Crippen LogP) is -0.215. The van der Waals surface area contributed by atoms with Gasteiger partial charge < -0.3 is 10.3 Å². The number of nitrogen functional groups attached to an aromatic ring is 1. The number of hydrogen-bond donors (Lipinski definition) is 1. The number of aryl methyl sites for hydroxylation is 1. The van der Waals surface area contributed by atoms with Crippen molar-refractivity contribution in [1.29, 1.82) is 0 Å². The summed E-state index contributed by atoms with van der Waals surface area (Å²) in [6.07, 6.45) is 1.35. The van der Waals surface area contributed by atoms with Crippen molar-refractivity contribution in [2.24, 2.45) is 13.0 Å². The monoisotopic (exact) mass is 197 g/mol. The molecule has 0 saturated carbocycles. The van der Waals surface area contributed by atoms with Gasteiger partial charge in [0.2, 0.25) is 0 Å². The average molecular weight is 197 g/mol. The van der Waals surface area contributed by atoms with E-state index in [2.05, 4.69) is 0 Å². The Hall–Kier alpha value is -1.52. The van der Waals surface area contributed by atoms with Gasteiger partial charge in [-0.2, -0.15) is 0 Å². The van der Waals surface area contributed by atoms with E-state index in [0.29, 0.717) is 6.54 Å². The smallest absolute Gasteiger partial charge is 0.330 e. The molecule has 1 heterocycles. The van der Waals surface area contributed by atoms with Crippen LogP contribution in [0.2, 0.25) is 0 Å². The molecule has 0 aliphatic heterocycles. The Morgan fingerprint density at radius 3 is 2.50 bits per heavy atom.